The number of hydrogen-bond donors (Lipinski definition) is 0. The lowest BCUT2D eigenvalue weighted by Crippen LogP contribution is -2.23. The molecule has 0 unspecified atom stereocenters. The van der Waals surface area contributed by atoms with Gasteiger partial charge in [-0.1, -0.05) is 180 Å². The molecule has 0 rings (SSSR count). The second-order valence-electron chi connectivity index (χ2n) is 12.9. The minimum Gasteiger partial charge on any atom is -0.465 e. The zero-order valence-corrected chi connectivity index (χ0v) is 26.3. The van der Waals surface area contributed by atoms with Crippen LogP contribution in [0, 0.1) is 5.41 Å². The third-order valence-corrected chi connectivity index (χ3v) is 7.84. The van der Waals surface area contributed by atoms with Gasteiger partial charge in [0.05, 0.1) is 12.0 Å². The molecular weight excluding hydrogens is 452 g/mol. The van der Waals surface area contributed by atoms with Crippen molar-refractivity contribution in [3.8, 4) is 0 Å². The molecule has 0 amide bonds. The van der Waals surface area contributed by atoms with Crippen molar-refractivity contribution >= 4 is 5.97 Å². The van der Waals surface area contributed by atoms with Crippen LogP contribution in [0.15, 0.2) is 0 Å². The van der Waals surface area contributed by atoms with Gasteiger partial charge in [-0.15, -0.1) is 0 Å². The molecule has 222 valence electrons. The van der Waals surface area contributed by atoms with E-state index in [9.17, 15) is 4.79 Å². The summed E-state index contributed by atoms with van der Waals surface area (Å²) in [7, 11) is 0. The molecule has 0 aromatic rings. The van der Waals surface area contributed by atoms with E-state index in [4.69, 9.17) is 4.74 Å². The van der Waals surface area contributed by atoms with E-state index in [0.29, 0.717) is 6.61 Å². The quantitative estimate of drug-likeness (QED) is 0.0721. The van der Waals surface area contributed by atoms with Gasteiger partial charge < -0.3 is 4.74 Å². The van der Waals surface area contributed by atoms with Crippen LogP contribution in [0.4, 0.5) is 0 Å². The maximum atomic E-state index is 11.7. The highest BCUT2D eigenvalue weighted by atomic mass is 16.5. The maximum Gasteiger partial charge on any atom is 0.311 e. The summed E-state index contributed by atoms with van der Waals surface area (Å²) in [4.78, 5) is 11.7. The third-order valence-electron chi connectivity index (χ3n) is 7.84. The minimum absolute atomic E-state index is 0.0717. The lowest BCUT2D eigenvalue weighted by atomic mass is 9.97. The number of hydrogen-bond acceptors (Lipinski definition) is 2. The fraction of sp³-hybridized carbons (Fsp3) is 0.971. The number of ether oxygens (including phenoxy) is 1. The summed E-state index contributed by atoms with van der Waals surface area (Å²) in [6.45, 7) is 8.64. The third kappa shape index (κ3) is 29.9. The van der Waals surface area contributed by atoms with Crippen molar-refractivity contribution < 1.29 is 9.53 Å². The molecular formula is C35H70O2. The first kappa shape index (κ1) is 36.5. The van der Waals surface area contributed by atoms with Crippen LogP contribution in [0.5, 0.6) is 0 Å². The molecule has 0 radical (unpaired) electrons. The standard InChI is InChI=1S/C35H70O2/c1-5-6-7-8-9-10-11-12-13-14-15-16-17-18-19-20-21-22-23-24-25-26-27-28-29-30-31-32-33-37-34(36)35(2,3)4/h5-33H2,1-4H3. The van der Waals surface area contributed by atoms with Gasteiger partial charge >= 0.3 is 5.97 Å². The highest BCUT2D eigenvalue weighted by molar-refractivity contribution is 5.75. The Morgan fingerprint density at radius 3 is 0.838 bits per heavy atom. The average Bonchev–Trinajstić information content (AvgIpc) is 2.87. The monoisotopic (exact) mass is 523 g/mol. The van der Waals surface area contributed by atoms with Crippen LogP contribution in [0.2, 0.25) is 0 Å². The van der Waals surface area contributed by atoms with Crippen molar-refractivity contribution in [1.82, 2.24) is 0 Å². The van der Waals surface area contributed by atoms with Gasteiger partial charge in [0.1, 0.15) is 0 Å². The number of rotatable bonds is 29. The van der Waals surface area contributed by atoms with E-state index >= 15 is 0 Å². The summed E-state index contributed by atoms with van der Waals surface area (Å²) in [6, 6.07) is 0. The van der Waals surface area contributed by atoms with Crippen molar-refractivity contribution in [2.24, 2.45) is 5.41 Å². The smallest absolute Gasteiger partial charge is 0.311 e. The normalized spacial score (nSPS) is 11.8. The molecule has 0 aliphatic carbocycles. The van der Waals surface area contributed by atoms with E-state index in [2.05, 4.69) is 6.92 Å². The molecule has 0 atom stereocenters. The molecule has 2 nitrogen and oxygen atoms in total. The molecule has 0 aromatic heterocycles. The van der Waals surface area contributed by atoms with E-state index in [0.717, 1.165) is 6.42 Å². The van der Waals surface area contributed by atoms with Crippen molar-refractivity contribution in [2.45, 2.75) is 207 Å². The van der Waals surface area contributed by atoms with E-state index in [1.807, 2.05) is 20.8 Å². The fourth-order valence-corrected chi connectivity index (χ4v) is 5.15. The first-order valence-corrected chi connectivity index (χ1v) is 17.2. The van der Waals surface area contributed by atoms with Gasteiger partial charge in [-0.2, -0.15) is 0 Å². The Hall–Kier alpha value is -0.530. The summed E-state index contributed by atoms with van der Waals surface area (Å²) in [5.41, 5.74) is -0.370. The lowest BCUT2D eigenvalue weighted by Gasteiger charge is -2.16. The Labute approximate surface area is 234 Å². The molecule has 0 saturated heterocycles. The Morgan fingerprint density at radius 2 is 0.622 bits per heavy atom. The minimum atomic E-state index is -0.370. The summed E-state index contributed by atoms with van der Waals surface area (Å²) >= 11 is 0. The van der Waals surface area contributed by atoms with Gasteiger partial charge in [0.15, 0.2) is 0 Å². The van der Waals surface area contributed by atoms with Gasteiger partial charge in [-0.05, 0) is 27.2 Å². The van der Waals surface area contributed by atoms with Crippen LogP contribution in [0.25, 0.3) is 0 Å². The summed E-state index contributed by atoms with van der Waals surface area (Å²) < 4.78 is 5.33. The molecule has 0 aliphatic rings. The molecule has 2 heteroatoms. The van der Waals surface area contributed by atoms with Crippen LogP contribution in [-0.2, 0) is 9.53 Å². The predicted octanol–water partition coefficient (Wildman–Crippen LogP) is 12.5. The van der Waals surface area contributed by atoms with Gasteiger partial charge in [-0.3, -0.25) is 4.79 Å². The van der Waals surface area contributed by atoms with Gasteiger partial charge in [0, 0.05) is 0 Å². The molecule has 0 spiro atoms. The van der Waals surface area contributed by atoms with Crippen LogP contribution in [-0.4, -0.2) is 12.6 Å². The summed E-state index contributed by atoms with van der Waals surface area (Å²) in [6.07, 6.45) is 39.7. The predicted molar refractivity (Wildman–Crippen MR) is 165 cm³/mol. The van der Waals surface area contributed by atoms with Crippen LogP contribution < -0.4 is 0 Å². The molecule has 0 N–H and O–H groups in total. The number of esters is 1. The fourth-order valence-electron chi connectivity index (χ4n) is 5.15. The molecule has 0 heterocycles. The second-order valence-corrected chi connectivity index (χ2v) is 12.9. The van der Waals surface area contributed by atoms with Crippen molar-refractivity contribution in [3.63, 3.8) is 0 Å². The van der Waals surface area contributed by atoms with Crippen LogP contribution in [0.1, 0.15) is 207 Å². The zero-order valence-electron chi connectivity index (χ0n) is 26.3. The lowest BCUT2D eigenvalue weighted by molar-refractivity contribution is -0.153. The molecule has 0 aromatic carbocycles. The Balaban J connectivity index is 3.08. The topological polar surface area (TPSA) is 26.3 Å². The van der Waals surface area contributed by atoms with E-state index in [1.165, 1.54) is 173 Å². The summed E-state index contributed by atoms with van der Waals surface area (Å²) in [5, 5.41) is 0. The highest BCUT2D eigenvalue weighted by Gasteiger charge is 2.22. The Bertz CT molecular complexity index is 451. The van der Waals surface area contributed by atoms with E-state index in [-0.39, 0.29) is 11.4 Å². The number of carbonyl (C=O) groups is 1. The van der Waals surface area contributed by atoms with E-state index in [1.54, 1.807) is 0 Å². The molecule has 0 bridgehead atoms. The van der Waals surface area contributed by atoms with Gasteiger partial charge in [-0.25, -0.2) is 0 Å². The van der Waals surface area contributed by atoms with E-state index < -0.39 is 0 Å². The Kier molecular flexibility index (Phi) is 28.1. The maximum absolute atomic E-state index is 11.7. The van der Waals surface area contributed by atoms with Crippen molar-refractivity contribution in [2.75, 3.05) is 6.61 Å². The first-order chi connectivity index (χ1) is 18.0. The SMILES string of the molecule is CCCCCCCCCCCCCCCCCCCCCCCCCCCCCCOC(=O)C(C)(C)C. The Morgan fingerprint density at radius 1 is 0.405 bits per heavy atom. The van der Waals surface area contributed by atoms with Crippen LogP contribution in [0.3, 0.4) is 0 Å². The highest BCUT2D eigenvalue weighted by Crippen LogP contribution is 2.17. The van der Waals surface area contributed by atoms with Crippen molar-refractivity contribution in [3.05, 3.63) is 0 Å². The average molecular weight is 523 g/mol. The largest absolute Gasteiger partial charge is 0.465 e. The molecule has 0 fully saturated rings. The number of unbranched alkanes of at least 4 members (excludes halogenated alkanes) is 27. The molecule has 0 aliphatic heterocycles. The summed E-state index contributed by atoms with van der Waals surface area (Å²) in [5.74, 6) is -0.0717. The van der Waals surface area contributed by atoms with Crippen molar-refractivity contribution in [1.29, 1.82) is 0 Å². The first-order valence-electron chi connectivity index (χ1n) is 17.2. The molecule has 37 heavy (non-hydrogen) atoms. The second kappa shape index (κ2) is 28.5. The van der Waals surface area contributed by atoms with Gasteiger partial charge in [0.2, 0.25) is 0 Å². The van der Waals surface area contributed by atoms with Gasteiger partial charge in [0.25, 0.3) is 0 Å². The molecule has 0 saturated carbocycles. The zero-order chi connectivity index (χ0) is 27.3. The van der Waals surface area contributed by atoms with Crippen LogP contribution >= 0.6 is 0 Å². The number of carbonyl (C=O) groups excluding carboxylic acids is 1.